The molecule has 0 heterocycles. The van der Waals surface area contributed by atoms with Crippen LogP contribution in [0.3, 0.4) is 0 Å². The maximum atomic E-state index is 13.4. The summed E-state index contributed by atoms with van der Waals surface area (Å²) < 4.78 is 5.58. The lowest BCUT2D eigenvalue weighted by Crippen LogP contribution is -2.55. The zero-order valence-corrected chi connectivity index (χ0v) is 28.4. The lowest BCUT2D eigenvalue weighted by molar-refractivity contribution is -0.191. The van der Waals surface area contributed by atoms with Gasteiger partial charge in [0.1, 0.15) is 12.6 Å². The van der Waals surface area contributed by atoms with E-state index < -0.39 is 49.0 Å². The van der Waals surface area contributed by atoms with Crippen molar-refractivity contribution in [2.24, 2.45) is 5.73 Å². The second kappa shape index (κ2) is 24.3. The summed E-state index contributed by atoms with van der Waals surface area (Å²) in [7, 11) is 1.58. The summed E-state index contributed by atoms with van der Waals surface area (Å²) in [5.41, 5.74) is 8.74. The number of nitrogens with two attached hydrogens (primary N) is 1. The number of carbonyl (C=O) groups is 5. The fourth-order valence-corrected chi connectivity index (χ4v) is 4.84. The van der Waals surface area contributed by atoms with Crippen LogP contribution >= 0.6 is 0 Å². The van der Waals surface area contributed by atoms with Gasteiger partial charge in [0.25, 0.3) is 0 Å². The zero-order chi connectivity index (χ0) is 37.5. The molecule has 16 heteroatoms. The van der Waals surface area contributed by atoms with Crippen molar-refractivity contribution >= 4 is 35.7 Å². The van der Waals surface area contributed by atoms with Crippen LogP contribution in [0.2, 0.25) is 0 Å². The van der Waals surface area contributed by atoms with Crippen molar-refractivity contribution in [3.63, 3.8) is 0 Å². The highest BCUT2D eigenvalue weighted by molar-refractivity contribution is 5.85. The summed E-state index contributed by atoms with van der Waals surface area (Å²) in [5.74, 6) is -3.95. The number of rotatable bonds is 24. The molecule has 2 rings (SSSR count). The first-order valence-corrected chi connectivity index (χ1v) is 15.8. The van der Waals surface area contributed by atoms with Gasteiger partial charge in [-0.2, -0.15) is 9.59 Å². The van der Waals surface area contributed by atoms with Gasteiger partial charge in [-0.3, -0.25) is 38.7 Å². The molecular formula is C34H47N5O11. The van der Waals surface area contributed by atoms with Crippen molar-refractivity contribution in [2.75, 3.05) is 59.5 Å². The SMILES string of the molecule is CCN(CC(=O)O)[C@@H](CN(CCN(C)CC(=O)O)CC(=O)O)C(=O)NCc1ccc(COCC(=O)[C@H](N)CCc2ccccc2)cc1.O=C=O. The van der Waals surface area contributed by atoms with Crippen molar-refractivity contribution in [2.45, 2.75) is 45.0 Å². The minimum atomic E-state index is -1.13. The number of ether oxygens (including phenoxy) is 1. The third kappa shape index (κ3) is 18.6. The van der Waals surface area contributed by atoms with Crippen LogP contribution in [0.15, 0.2) is 54.6 Å². The molecule has 6 N–H and O–H groups in total. The fraction of sp³-hybridized carbons (Fsp3) is 0.471. The number of aryl methyl sites for hydroxylation is 1. The molecule has 0 aliphatic rings. The molecule has 0 saturated carbocycles. The highest BCUT2D eigenvalue weighted by Crippen LogP contribution is 2.10. The Kier molecular flexibility index (Phi) is 21.0. The quantitative estimate of drug-likeness (QED) is 0.0964. The number of carboxylic acid groups (broad SMARTS) is 3. The molecule has 0 aromatic heterocycles. The summed E-state index contributed by atoms with van der Waals surface area (Å²) in [4.78, 5) is 80.6. The molecule has 16 nitrogen and oxygen atoms in total. The third-order valence-corrected chi connectivity index (χ3v) is 7.48. The fourth-order valence-electron chi connectivity index (χ4n) is 4.84. The summed E-state index contributed by atoms with van der Waals surface area (Å²) >= 11 is 0. The van der Waals surface area contributed by atoms with Crippen LogP contribution in [0.4, 0.5) is 0 Å². The number of amides is 1. The molecule has 50 heavy (non-hydrogen) atoms. The van der Waals surface area contributed by atoms with Gasteiger partial charge in [0, 0.05) is 26.2 Å². The van der Waals surface area contributed by atoms with Crippen molar-refractivity contribution < 1.29 is 53.6 Å². The number of Topliss-reactive ketones (excluding diaryl/α,β-unsaturated/α-hetero) is 1. The van der Waals surface area contributed by atoms with Crippen LogP contribution in [-0.2, 0) is 57.9 Å². The molecule has 0 spiro atoms. The van der Waals surface area contributed by atoms with Crippen LogP contribution in [0.5, 0.6) is 0 Å². The first-order valence-electron chi connectivity index (χ1n) is 15.8. The largest absolute Gasteiger partial charge is 0.480 e. The molecule has 0 aliphatic heterocycles. The molecule has 274 valence electrons. The van der Waals surface area contributed by atoms with Crippen LogP contribution in [0.25, 0.3) is 0 Å². The number of aliphatic carboxylic acids is 3. The number of nitrogens with one attached hydrogen (secondary N) is 1. The molecule has 0 bridgehead atoms. The number of hydrogen-bond donors (Lipinski definition) is 5. The minimum Gasteiger partial charge on any atom is -0.480 e. The van der Waals surface area contributed by atoms with Crippen LogP contribution in [0, 0.1) is 0 Å². The number of likely N-dealkylation sites (N-methyl/N-ethyl adjacent to an activating group) is 2. The second-order valence-electron chi connectivity index (χ2n) is 11.4. The normalized spacial score (nSPS) is 12.0. The maximum absolute atomic E-state index is 13.4. The predicted octanol–water partition coefficient (Wildman–Crippen LogP) is -0.0568. The number of benzene rings is 2. The highest BCUT2D eigenvalue weighted by Gasteiger charge is 2.29. The van der Waals surface area contributed by atoms with E-state index in [4.69, 9.17) is 25.2 Å². The Labute approximate surface area is 290 Å². The van der Waals surface area contributed by atoms with Crippen molar-refractivity contribution in [3.8, 4) is 0 Å². The lowest BCUT2D eigenvalue weighted by Gasteiger charge is -2.33. The van der Waals surface area contributed by atoms with E-state index in [1.54, 1.807) is 26.1 Å². The Morgan fingerprint density at radius 1 is 0.840 bits per heavy atom. The number of ketones is 1. The van der Waals surface area contributed by atoms with E-state index in [1.807, 2.05) is 42.5 Å². The average Bonchev–Trinajstić information content (AvgIpc) is 3.07. The number of hydrogen-bond acceptors (Lipinski definition) is 12. The Balaban J connectivity index is 0.00000401. The van der Waals surface area contributed by atoms with E-state index >= 15 is 0 Å². The van der Waals surface area contributed by atoms with E-state index in [-0.39, 0.29) is 64.4 Å². The number of carbonyl (C=O) groups excluding carboxylic acids is 4. The molecule has 2 aromatic carbocycles. The first kappa shape index (κ1) is 43.2. The van der Waals surface area contributed by atoms with Gasteiger partial charge in [-0.15, -0.1) is 0 Å². The lowest BCUT2D eigenvalue weighted by atomic mass is 10.0. The van der Waals surface area contributed by atoms with Gasteiger partial charge >= 0.3 is 24.1 Å². The topological polar surface area (TPSA) is 237 Å². The highest BCUT2D eigenvalue weighted by atomic mass is 16.5. The number of carboxylic acids is 3. The molecule has 0 fully saturated rings. The smallest absolute Gasteiger partial charge is 0.373 e. The average molecular weight is 702 g/mol. The zero-order valence-electron chi connectivity index (χ0n) is 28.4. The Morgan fingerprint density at radius 3 is 1.98 bits per heavy atom. The summed E-state index contributed by atoms with van der Waals surface area (Å²) in [6.45, 7) is 1.38. The van der Waals surface area contributed by atoms with Gasteiger partial charge < -0.3 is 31.1 Å². The van der Waals surface area contributed by atoms with Crippen LogP contribution in [0.1, 0.15) is 30.0 Å². The van der Waals surface area contributed by atoms with E-state index in [0.717, 1.165) is 16.7 Å². The van der Waals surface area contributed by atoms with Gasteiger partial charge in [0.15, 0.2) is 5.78 Å². The summed E-state index contributed by atoms with van der Waals surface area (Å²) in [5, 5.41) is 30.7. The Morgan fingerprint density at radius 2 is 1.42 bits per heavy atom. The standard InChI is InChI=1S/C33H47N5O9.CO2/c1-3-38(21-32(44)45)28(18-37(20-31(42)43)16-15-36(2)19-30(40)41)33(46)35-17-25-9-11-26(12-10-25)22-47-23-29(39)27(34)14-13-24-7-5-4-6-8-24;2-1-3/h4-12,27-28H,3,13-23,34H2,1-2H3,(H,35,46)(H,40,41)(H,42,43)(H,44,45);/t27-,28+;/m1./s1. The van der Waals surface area contributed by atoms with Crippen LogP contribution in [-0.4, -0.2) is 137 Å². The third-order valence-electron chi connectivity index (χ3n) is 7.48. The van der Waals surface area contributed by atoms with Gasteiger partial charge in [0.2, 0.25) is 5.91 Å². The van der Waals surface area contributed by atoms with E-state index in [0.29, 0.717) is 12.8 Å². The molecule has 1 amide bonds. The Hall–Kier alpha value is -4.83. The van der Waals surface area contributed by atoms with Gasteiger partial charge in [-0.1, -0.05) is 61.5 Å². The molecular weight excluding hydrogens is 654 g/mol. The molecule has 0 aliphatic carbocycles. The molecule has 0 saturated heterocycles. The second-order valence-corrected chi connectivity index (χ2v) is 11.4. The van der Waals surface area contributed by atoms with E-state index in [1.165, 1.54) is 14.7 Å². The van der Waals surface area contributed by atoms with Crippen molar-refractivity contribution in [3.05, 3.63) is 71.3 Å². The van der Waals surface area contributed by atoms with Gasteiger partial charge in [0.05, 0.1) is 32.3 Å². The van der Waals surface area contributed by atoms with Crippen molar-refractivity contribution in [1.82, 2.24) is 20.0 Å². The summed E-state index contributed by atoms with van der Waals surface area (Å²) in [6.07, 6.45) is 1.48. The summed E-state index contributed by atoms with van der Waals surface area (Å²) in [6, 6.07) is 15.4. The first-order chi connectivity index (χ1) is 23.8. The molecule has 0 unspecified atom stereocenters. The molecule has 2 atom stereocenters. The monoisotopic (exact) mass is 701 g/mol. The molecule has 0 radical (unpaired) electrons. The van der Waals surface area contributed by atoms with Gasteiger partial charge in [-0.05, 0) is 43.1 Å². The molecule has 2 aromatic rings. The van der Waals surface area contributed by atoms with E-state index in [2.05, 4.69) is 5.32 Å². The van der Waals surface area contributed by atoms with Crippen LogP contribution < -0.4 is 11.1 Å². The Bertz CT molecular complexity index is 1390. The predicted molar refractivity (Wildman–Crippen MR) is 179 cm³/mol. The minimum absolute atomic E-state index is 0.0783. The van der Waals surface area contributed by atoms with Gasteiger partial charge in [-0.25, -0.2) is 0 Å². The van der Waals surface area contributed by atoms with E-state index in [9.17, 15) is 34.2 Å². The van der Waals surface area contributed by atoms with Crippen molar-refractivity contribution in [1.29, 1.82) is 0 Å². The number of nitrogens with zero attached hydrogens (tertiary/aromatic N) is 3. The maximum Gasteiger partial charge on any atom is 0.373 e.